The molecule has 0 bridgehead atoms. The highest BCUT2D eigenvalue weighted by Crippen LogP contribution is 2.31. The summed E-state index contributed by atoms with van der Waals surface area (Å²) in [6, 6.07) is 0. The number of carbonyl (C=O) groups is 1. The Morgan fingerprint density at radius 1 is 1.71 bits per heavy atom. The second kappa shape index (κ2) is 3.09. The first kappa shape index (κ1) is 9.21. The van der Waals surface area contributed by atoms with E-state index in [-0.39, 0.29) is 11.1 Å². The Balaban J connectivity index is 2.28. The molecule has 2 rings (SSSR count). The third-order valence-electron chi connectivity index (χ3n) is 2.46. The molecule has 0 spiro atoms. The number of oxazole rings is 1. The molecule has 1 N–H and O–H groups in total. The fourth-order valence-electron chi connectivity index (χ4n) is 1.48. The molecule has 0 radical (unpaired) electrons. The number of aromatic nitrogens is 1. The van der Waals surface area contributed by atoms with Gasteiger partial charge in [0.05, 0.1) is 12.0 Å². The van der Waals surface area contributed by atoms with Crippen LogP contribution in [0.1, 0.15) is 29.7 Å². The molecule has 76 valence electrons. The van der Waals surface area contributed by atoms with E-state index in [9.17, 15) is 4.79 Å². The van der Waals surface area contributed by atoms with Gasteiger partial charge in [-0.1, -0.05) is 0 Å². The summed E-state index contributed by atoms with van der Waals surface area (Å²) in [6.07, 6.45) is 1.98. The zero-order chi connectivity index (χ0) is 10.2. The first-order valence-corrected chi connectivity index (χ1v) is 4.39. The Hall–Kier alpha value is -1.36. The Bertz CT molecular complexity index is 351. The zero-order valence-electron chi connectivity index (χ0n) is 7.82. The van der Waals surface area contributed by atoms with E-state index in [1.165, 1.54) is 6.26 Å². The van der Waals surface area contributed by atoms with Crippen LogP contribution in [0.3, 0.4) is 0 Å². The fourth-order valence-corrected chi connectivity index (χ4v) is 1.48. The molecular weight excluding hydrogens is 186 g/mol. The van der Waals surface area contributed by atoms with E-state index >= 15 is 0 Å². The normalized spacial score (nSPS) is 26.6. The van der Waals surface area contributed by atoms with E-state index in [0.717, 1.165) is 6.42 Å². The smallest absolute Gasteiger partial charge is 0.357 e. The number of hydrogen-bond donors (Lipinski definition) is 1. The molecule has 0 amide bonds. The number of nitrogens with zero attached hydrogens (tertiary/aromatic N) is 1. The molecule has 0 aromatic carbocycles. The van der Waals surface area contributed by atoms with Crippen LogP contribution >= 0.6 is 0 Å². The minimum Gasteiger partial charge on any atom is -0.476 e. The average molecular weight is 197 g/mol. The van der Waals surface area contributed by atoms with Crippen LogP contribution in [0.25, 0.3) is 0 Å². The van der Waals surface area contributed by atoms with Crippen molar-refractivity contribution in [3.05, 3.63) is 17.8 Å². The van der Waals surface area contributed by atoms with Crippen LogP contribution in [0.15, 0.2) is 10.7 Å². The molecule has 0 saturated carbocycles. The summed E-state index contributed by atoms with van der Waals surface area (Å²) in [4.78, 5) is 14.5. The van der Waals surface area contributed by atoms with Gasteiger partial charge in [0.15, 0.2) is 5.69 Å². The lowest BCUT2D eigenvalue weighted by Crippen LogP contribution is -2.22. The topological polar surface area (TPSA) is 72.6 Å². The van der Waals surface area contributed by atoms with Crippen molar-refractivity contribution in [2.45, 2.75) is 18.8 Å². The summed E-state index contributed by atoms with van der Waals surface area (Å²) < 4.78 is 10.4. The molecular formula is C9H11NO4. The standard InChI is InChI=1S/C9H11NO4/c1-9(2-3-13-5-9)8-10-6(4-14-8)7(11)12/h4H,2-3,5H2,1H3,(H,11,12). The summed E-state index contributed by atoms with van der Waals surface area (Å²) in [6.45, 7) is 3.16. The van der Waals surface area contributed by atoms with Crippen LogP contribution in [0.4, 0.5) is 0 Å². The Morgan fingerprint density at radius 2 is 2.50 bits per heavy atom. The first-order valence-electron chi connectivity index (χ1n) is 4.39. The van der Waals surface area contributed by atoms with Gasteiger partial charge < -0.3 is 14.3 Å². The van der Waals surface area contributed by atoms with Crippen molar-refractivity contribution < 1.29 is 19.1 Å². The van der Waals surface area contributed by atoms with Crippen molar-refractivity contribution in [1.29, 1.82) is 0 Å². The van der Waals surface area contributed by atoms with Crippen molar-refractivity contribution >= 4 is 5.97 Å². The maximum absolute atomic E-state index is 10.6. The predicted octanol–water partition coefficient (Wildman–Crippen LogP) is 1.05. The molecule has 1 aromatic heterocycles. The molecule has 2 heterocycles. The lowest BCUT2D eigenvalue weighted by atomic mass is 9.90. The highest BCUT2D eigenvalue weighted by Gasteiger charge is 2.36. The van der Waals surface area contributed by atoms with Crippen LogP contribution in [-0.2, 0) is 10.2 Å². The SMILES string of the molecule is CC1(c2nc(C(=O)O)co2)CCOC1. The molecule has 1 saturated heterocycles. The molecule has 1 aliphatic heterocycles. The Morgan fingerprint density at radius 3 is 3.00 bits per heavy atom. The molecule has 1 aromatic rings. The van der Waals surface area contributed by atoms with Crippen molar-refractivity contribution in [3.8, 4) is 0 Å². The van der Waals surface area contributed by atoms with Gasteiger partial charge in [-0.15, -0.1) is 0 Å². The number of carboxylic acid groups (broad SMARTS) is 1. The van der Waals surface area contributed by atoms with Gasteiger partial charge >= 0.3 is 5.97 Å². The van der Waals surface area contributed by atoms with Crippen molar-refractivity contribution in [2.24, 2.45) is 0 Å². The largest absolute Gasteiger partial charge is 0.476 e. The number of ether oxygens (including phenoxy) is 1. The molecule has 5 nitrogen and oxygen atoms in total. The van der Waals surface area contributed by atoms with E-state index in [1.807, 2.05) is 6.92 Å². The van der Waals surface area contributed by atoms with Gasteiger partial charge in [0, 0.05) is 6.61 Å². The van der Waals surface area contributed by atoms with E-state index in [1.54, 1.807) is 0 Å². The summed E-state index contributed by atoms with van der Waals surface area (Å²) >= 11 is 0. The van der Waals surface area contributed by atoms with E-state index < -0.39 is 5.97 Å². The Kier molecular flexibility index (Phi) is 2.03. The highest BCUT2D eigenvalue weighted by molar-refractivity contribution is 5.84. The van der Waals surface area contributed by atoms with Gasteiger partial charge in [0.25, 0.3) is 0 Å². The molecule has 1 unspecified atom stereocenters. The van der Waals surface area contributed by atoms with Crippen molar-refractivity contribution in [2.75, 3.05) is 13.2 Å². The van der Waals surface area contributed by atoms with Crippen LogP contribution in [-0.4, -0.2) is 29.3 Å². The summed E-state index contributed by atoms with van der Waals surface area (Å²) in [5, 5.41) is 8.67. The molecule has 1 fully saturated rings. The van der Waals surface area contributed by atoms with Crippen molar-refractivity contribution in [3.63, 3.8) is 0 Å². The third-order valence-corrected chi connectivity index (χ3v) is 2.46. The highest BCUT2D eigenvalue weighted by atomic mass is 16.5. The summed E-state index contributed by atoms with van der Waals surface area (Å²) in [7, 11) is 0. The maximum Gasteiger partial charge on any atom is 0.357 e. The van der Waals surface area contributed by atoms with Gasteiger partial charge in [-0.05, 0) is 13.3 Å². The van der Waals surface area contributed by atoms with Gasteiger partial charge in [-0.3, -0.25) is 0 Å². The van der Waals surface area contributed by atoms with Gasteiger partial charge in [-0.25, -0.2) is 9.78 Å². The first-order chi connectivity index (χ1) is 6.62. The third kappa shape index (κ3) is 1.39. The van der Waals surface area contributed by atoms with Crippen LogP contribution < -0.4 is 0 Å². The Labute approximate surface area is 80.7 Å². The van der Waals surface area contributed by atoms with Crippen molar-refractivity contribution in [1.82, 2.24) is 4.98 Å². The minimum absolute atomic E-state index is 0.0480. The number of aromatic carboxylic acids is 1. The summed E-state index contributed by atoms with van der Waals surface area (Å²) in [5.41, 5.74) is -0.318. The maximum atomic E-state index is 10.6. The molecule has 5 heteroatoms. The van der Waals surface area contributed by atoms with E-state index in [4.69, 9.17) is 14.3 Å². The predicted molar refractivity (Wildman–Crippen MR) is 46.3 cm³/mol. The van der Waals surface area contributed by atoms with Gasteiger partial charge in [0.1, 0.15) is 6.26 Å². The quantitative estimate of drug-likeness (QED) is 0.767. The van der Waals surface area contributed by atoms with E-state index in [0.29, 0.717) is 19.1 Å². The zero-order valence-corrected chi connectivity index (χ0v) is 7.82. The second-order valence-corrected chi connectivity index (χ2v) is 3.71. The fraction of sp³-hybridized carbons (Fsp3) is 0.556. The molecule has 1 atom stereocenters. The molecule has 0 aliphatic carbocycles. The number of rotatable bonds is 2. The minimum atomic E-state index is -1.07. The van der Waals surface area contributed by atoms with E-state index in [2.05, 4.69) is 4.98 Å². The second-order valence-electron chi connectivity index (χ2n) is 3.71. The lowest BCUT2D eigenvalue weighted by Gasteiger charge is -2.15. The number of carboxylic acids is 1. The lowest BCUT2D eigenvalue weighted by molar-refractivity contribution is 0.0690. The summed E-state index contributed by atoms with van der Waals surface area (Å²) in [5.74, 6) is -0.616. The number of hydrogen-bond acceptors (Lipinski definition) is 4. The van der Waals surface area contributed by atoms with Gasteiger partial charge in [0.2, 0.25) is 5.89 Å². The average Bonchev–Trinajstić information content (AvgIpc) is 2.71. The molecule has 14 heavy (non-hydrogen) atoms. The van der Waals surface area contributed by atoms with Crippen LogP contribution in [0, 0.1) is 0 Å². The van der Waals surface area contributed by atoms with Gasteiger partial charge in [-0.2, -0.15) is 0 Å². The van der Waals surface area contributed by atoms with Crippen LogP contribution in [0.5, 0.6) is 0 Å². The monoisotopic (exact) mass is 197 g/mol. The van der Waals surface area contributed by atoms with Crippen LogP contribution in [0.2, 0.25) is 0 Å². The molecule has 1 aliphatic rings.